The zero-order chi connectivity index (χ0) is 18.1. The van der Waals surface area contributed by atoms with Gasteiger partial charge in [-0.3, -0.25) is 14.5 Å². The second kappa shape index (κ2) is 6.39. The average Bonchev–Trinajstić information content (AvgIpc) is 2.41. The molecular formula is C15H22N2O6. The zero-order valence-corrected chi connectivity index (χ0v) is 14.1. The van der Waals surface area contributed by atoms with Crippen LogP contribution in [0, 0.1) is 0 Å². The van der Waals surface area contributed by atoms with Gasteiger partial charge >= 0.3 is 12.1 Å². The lowest BCUT2D eigenvalue weighted by atomic mass is 9.95. The van der Waals surface area contributed by atoms with Crippen molar-refractivity contribution >= 4 is 23.9 Å². The number of hydrogen-bond donors (Lipinski definition) is 2. The number of imide groups is 1. The third-order valence-electron chi connectivity index (χ3n) is 3.49. The topological polar surface area (TPSA) is 113 Å². The number of rotatable bonds is 3. The molecule has 0 aromatic heterocycles. The molecule has 1 rings (SSSR count). The predicted molar refractivity (Wildman–Crippen MR) is 80.5 cm³/mol. The minimum atomic E-state index is -1.22. The molecule has 1 saturated heterocycles. The van der Waals surface area contributed by atoms with Crippen molar-refractivity contribution in [1.82, 2.24) is 10.2 Å². The highest BCUT2D eigenvalue weighted by atomic mass is 16.6. The molecule has 0 aromatic carbocycles. The number of likely N-dealkylation sites (tertiary alicyclic amines) is 1. The molecule has 1 aliphatic rings. The van der Waals surface area contributed by atoms with Crippen LogP contribution in [0.25, 0.3) is 0 Å². The Morgan fingerprint density at radius 3 is 2.09 bits per heavy atom. The monoisotopic (exact) mass is 326 g/mol. The van der Waals surface area contributed by atoms with Gasteiger partial charge in [0, 0.05) is 11.1 Å². The van der Waals surface area contributed by atoms with Crippen LogP contribution in [0.4, 0.5) is 4.79 Å². The molecule has 8 nitrogen and oxygen atoms in total. The molecule has 128 valence electrons. The van der Waals surface area contributed by atoms with Crippen molar-refractivity contribution in [2.75, 3.05) is 0 Å². The Hall–Kier alpha value is -2.38. The van der Waals surface area contributed by atoms with Crippen LogP contribution in [0.2, 0.25) is 0 Å². The van der Waals surface area contributed by atoms with Gasteiger partial charge in [-0.1, -0.05) is 0 Å². The summed E-state index contributed by atoms with van der Waals surface area (Å²) in [6.45, 7) is 9.30. The lowest BCUT2D eigenvalue weighted by Gasteiger charge is -2.44. The second-order valence-electron chi connectivity index (χ2n) is 6.43. The Morgan fingerprint density at radius 2 is 1.70 bits per heavy atom. The summed E-state index contributed by atoms with van der Waals surface area (Å²) in [6, 6.07) is -1.45. The van der Waals surface area contributed by atoms with E-state index in [0.717, 1.165) is 4.90 Å². The van der Waals surface area contributed by atoms with Gasteiger partial charge in [0.1, 0.15) is 11.6 Å². The number of alkyl carbamates (subject to hydrolysis) is 1. The number of aliphatic carboxylic acids is 1. The normalized spacial score (nSPS) is 22.0. The maximum Gasteiger partial charge on any atom is 0.408 e. The Bertz CT molecular complexity index is 587. The van der Waals surface area contributed by atoms with Crippen LogP contribution < -0.4 is 5.32 Å². The molecule has 0 aliphatic carbocycles. The minimum Gasteiger partial charge on any atom is -0.478 e. The Morgan fingerprint density at radius 1 is 1.17 bits per heavy atom. The van der Waals surface area contributed by atoms with Gasteiger partial charge in [0.15, 0.2) is 0 Å². The Kier molecular flexibility index (Phi) is 5.19. The maximum absolute atomic E-state index is 12.2. The summed E-state index contributed by atoms with van der Waals surface area (Å²) < 4.78 is 5.06. The largest absolute Gasteiger partial charge is 0.478 e. The van der Waals surface area contributed by atoms with Crippen molar-refractivity contribution in [1.29, 1.82) is 0 Å². The number of carboxylic acids is 1. The Balaban J connectivity index is 2.78. The number of β-lactam (4-membered cyclic amide) rings is 1. The van der Waals surface area contributed by atoms with Crippen LogP contribution >= 0.6 is 0 Å². The third-order valence-corrected chi connectivity index (χ3v) is 3.49. The minimum absolute atomic E-state index is 0.0200. The molecule has 1 heterocycles. The summed E-state index contributed by atoms with van der Waals surface area (Å²) in [6.07, 6.45) is -0.747. The predicted octanol–water partition coefficient (Wildman–Crippen LogP) is 1.06. The maximum atomic E-state index is 12.2. The van der Waals surface area contributed by atoms with E-state index in [2.05, 4.69) is 5.32 Å². The van der Waals surface area contributed by atoms with Gasteiger partial charge in [-0.2, -0.15) is 0 Å². The molecule has 1 aliphatic heterocycles. The number of carbonyl (C=O) groups is 4. The molecule has 0 radical (unpaired) electrons. The number of carbonyl (C=O) groups excluding carboxylic acids is 3. The molecule has 0 unspecified atom stereocenters. The summed E-state index contributed by atoms with van der Waals surface area (Å²) in [7, 11) is 0. The fourth-order valence-electron chi connectivity index (χ4n) is 2.03. The number of carboxylic acid groups (broad SMARTS) is 1. The molecule has 23 heavy (non-hydrogen) atoms. The zero-order valence-electron chi connectivity index (χ0n) is 14.1. The molecule has 0 spiro atoms. The van der Waals surface area contributed by atoms with Crippen LogP contribution in [0.5, 0.6) is 0 Å². The van der Waals surface area contributed by atoms with E-state index in [1.54, 1.807) is 27.7 Å². The van der Waals surface area contributed by atoms with Crippen LogP contribution in [0.15, 0.2) is 11.1 Å². The summed E-state index contributed by atoms with van der Waals surface area (Å²) >= 11 is 0. The molecule has 0 aromatic rings. The Labute approximate surface area is 134 Å². The van der Waals surface area contributed by atoms with Crippen molar-refractivity contribution in [3.05, 3.63) is 11.1 Å². The molecule has 1 fully saturated rings. The van der Waals surface area contributed by atoms with Gasteiger partial charge in [-0.05, 0) is 41.5 Å². The van der Waals surface area contributed by atoms with E-state index in [1.807, 2.05) is 0 Å². The van der Waals surface area contributed by atoms with Gasteiger partial charge in [-0.25, -0.2) is 9.59 Å². The number of ether oxygens (including phenoxy) is 1. The van der Waals surface area contributed by atoms with Crippen LogP contribution in [-0.2, 0) is 19.1 Å². The summed E-state index contributed by atoms with van der Waals surface area (Å²) in [4.78, 5) is 47.8. The van der Waals surface area contributed by atoms with Crippen molar-refractivity contribution in [3.8, 4) is 0 Å². The van der Waals surface area contributed by atoms with E-state index in [-0.39, 0.29) is 11.1 Å². The van der Waals surface area contributed by atoms with Gasteiger partial charge in [0.05, 0.1) is 6.04 Å². The van der Waals surface area contributed by atoms with E-state index in [1.165, 1.54) is 13.8 Å². The lowest BCUT2D eigenvalue weighted by molar-refractivity contribution is -0.159. The summed E-state index contributed by atoms with van der Waals surface area (Å²) in [5.41, 5.74) is -0.847. The first-order chi connectivity index (χ1) is 10.4. The lowest BCUT2D eigenvalue weighted by Crippen LogP contribution is -2.71. The first-order valence-electron chi connectivity index (χ1n) is 7.14. The van der Waals surface area contributed by atoms with Crippen LogP contribution in [0.1, 0.15) is 41.5 Å². The van der Waals surface area contributed by atoms with Crippen molar-refractivity contribution in [2.45, 2.75) is 59.2 Å². The van der Waals surface area contributed by atoms with Crippen molar-refractivity contribution in [2.24, 2.45) is 0 Å². The average molecular weight is 326 g/mol. The van der Waals surface area contributed by atoms with Crippen molar-refractivity contribution in [3.63, 3.8) is 0 Å². The smallest absolute Gasteiger partial charge is 0.408 e. The fourth-order valence-corrected chi connectivity index (χ4v) is 2.03. The van der Waals surface area contributed by atoms with Crippen LogP contribution in [-0.4, -0.2) is 51.6 Å². The van der Waals surface area contributed by atoms with Crippen molar-refractivity contribution < 1.29 is 29.0 Å². The SMILES string of the molecule is C/C(C(=O)O)=C(\C)C(=O)N1C(=O)[C@@H](NC(=O)OC(C)(C)C)[C@H]1C. The van der Waals surface area contributed by atoms with Crippen LogP contribution in [0.3, 0.4) is 0 Å². The standard InChI is InChI=1S/C15H22N2O6/c1-7(8(2)13(20)21)11(18)17-9(3)10(12(17)19)16-14(22)23-15(4,5)6/h9-10H,1-6H3,(H,16,22)(H,20,21)/b8-7-/t9-,10+/m1/s1. The van der Waals surface area contributed by atoms with E-state index >= 15 is 0 Å². The first-order valence-corrected chi connectivity index (χ1v) is 7.14. The molecule has 2 atom stereocenters. The molecule has 8 heteroatoms. The number of nitrogens with zero attached hydrogens (tertiary/aromatic N) is 1. The molecule has 3 amide bonds. The van der Waals surface area contributed by atoms with Gasteiger partial charge < -0.3 is 15.2 Å². The van der Waals surface area contributed by atoms with E-state index < -0.39 is 41.6 Å². The van der Waals surface area contributed by atoms with Gasteiger partial charge in [0.25, 0.3) is 11.8 Å². The quantitative estimate of drug-likeness (QED) is 0.592. The van der Waals surface area contributed by atoms with Gasteiger partial charge in [0.2, 0.25) is 0 Å². The number of hydrogen-bond acceptors (Lipinski definition) is 5. The molecule has 2 N–H and O–H groups in total. The van der Waals surface area contributed by atoms with E-state index in [9.17, 15) is 19.2 Å². The first kappa shape index (κ1) is 18.7. The number of nitrogens with one attached hydrogen (secondary N) is 1. The van der Waals surface area contributed by atoms with Gasteiger partial charge in [-0.15, -0.1) is 0 Å². The second-order valence-corrected chi connectivity index (χ2v) is 6.43. The summed E-state index contributed by atoms with van der Waals surface area (Å²) in [5.74, 6) is -2.49. The van der Waals surface area contributed by atoms with E-state index in [4.69, 9.17) is 9.84 Å². The fraction of sp³-hybridized carbons (Fsp3) is 0.600. The molecule has 0 saturated carbocycles. The highest BCUT2D eigenvalue weighted by molar-refractivity contribution is 6.12. The molecule has 0 bridgehead atoms. The summed E-state index contributed by atoms with van der Waals surface area (Å²) in [5, 5.41) is 11.3. The van der Waals surface area contributed by atoms with E-state index in [0.29, 0.717) is 0 Å². The molecular weight excluding hydrogens is 304 g/mol. The highest BCUT2D eigenvalue weighted by Crippen LogP contribution is 2.23. The third kappa shape index (κ3) is 4.08. The number of amides is 3. The highest BCUT2D eigenvalue weighted by Gasteiger charge is 2.49.